The van der Waals surface area contributed by atoms with Gasteiger partial charge in [-0.3, -0.25) is 0 Å². The van der Waals surface area contributed by atoms with Crippen molar-refractivity contribution in [3.63, 3.8) is 0 Å². The van der Waals surface area contributed by atoms with Gasteiger partial charge in [-0.15, -0.1) is 0 Å². The number of aryl methyl sites for hydroxylation is 1. The summed E-state index contributed by atoms with van der Waals surface area (Å²) in [5.74, 6) is 1.35. The number of hydrogen-bond acceptors (Lipinski definition) is 4. The third-order valence-electron chi connectivity index (χ3n) is 1.41. The van der Waals surface area contributed by atoms with Crippen LogP contribution in [0.5, 0.6) is 0 Å². The number of halogens is 1. The third-order valence-corrected chi connectivity index (χ3v) is 1.69. The molecule has 0 amide bonds. The second-order valence-corrected chi connectivity index (χ2v) is 3.80. The molecule has 1 heterocycles. The minimum atomic E-state index is 0.611. The molecule has 4 nitrogen and oxygen atoms in total. The van der Waals surface area contributed by atoms with Crippen molar-refractivity contribution < 1.29 is 4.52 Å². The van der Waals surface area contributed by atoms with Crippen LogP contribution in [0.2, 0.25) is 0 Å². The fourth-order valence-corrected chi connectivity index (χ4v) is 1.07. The summed E-state index contributed by atoms with van der Waals surface area (Å²) in [6.45, 7) is 7.07. The first-order chi connectivity index (χ1) is 6.18. The monoisotopic (exact) mass is 245 g/mol. The van der Waals surface area contributed by atoms with Crippen molar-refractivity contribution in [2.24, 2.45) is 0 Å². The summed E-state index contributed by atoms with van der Waals surface area (Å²) >= 11 is 3.26. The number of aromatic nitrogens is 2. The third kappa shape index (κ3) is 4.19. The van der Waals surface area contributed by atoms with Crippen LogP contribution in [0.15, 0.2) is 15.6 Å². The molecule has 0 fully saturated rings. The molecule has 0 aromatic carbocycles. The second kappa shape index (κ2) is 5.14. The summed E-state index contributed by atoms with van der Waals surface area (Å²) in [7, 11) is 0. The van der Waals surface area contributed by atoms with Gasteiger partial charge in [0, 0.05) is 30.9 Å². The molecule has 0 aliphatic carbocycles. The molecule has 5 heteroatoms. The normalized spacial score (nSPS) is 10.3. The molecule has 0 saturated carbocycles. The molecule has 13 heavy (non-hydrogen) atoms. The van der Waals surface area contributed by atoms with Gasteiger partial charge in [0.1, 0.15) is 0 Å². The van der Waals surface area contributed by atoms with Gasteiger partial charge in [0.25, 0.3) is 0 Å². The van der Waals surface area contributed by atoms with Gasteiger partial charge < -0.3 is 9.84 Å². The summed E-state index contributed by atoms with van der Waals surface area (Å²) in [5, 5.41) is 6.95. The Morgan fingerprint density at radius 1 is 1.69 bits per heavy atom. The molecule has 72 valence electrons. The molecule has 0 atom stereocenters. The summed E-state index contributed by atoms with van der Waals surface area (Å²) in [4.78, 5) is 4.08. The van der Waals surface area contributed by atoms with Crippen LogP contribution in [0.4, 0.5) is 0 Å². The fourth-order valence-electron chi connectivity index (χ4n) is 0.867. The van der Waals surface area contributed by atoms with E-state index in [9.17, 15) is 0 Å². The van der Waals surface area contributed by atoms with E-state index in [0.717, 1.165) is 29.8 Å². The largest absolute Gasteiger partial charge is 0.340 e. The number of nitrogens with zero attached hydrogens (tertiary/aromatic N) is 2. The summed E-state index contributed by atoms with van der Waals surface area (Å²) in [6, 6.07) is 0. The maximum atomic E-state index is 4.83. The van der Waals surface area contributed by atoms with Gasteiger partial charge in [-0.25, -0.2) is 0 Å². The predicted molar refractivity (Wildman–Crippen MR) is 53.7 cm³/mol. The summed E-state index contributed by atoms with van der Waals surface area (Å²) in [6.07, 6.45) is 0.775. The van der Waals surface area contributed by atoms with Gasteiger partial charge in [0.15, 0.2) is 5.82 Å². The van der Waals surface area contributed by atoms with E-state index in [4.69, 9.17) is 4.52 Å². The average molecular weight is 246 g/mol. The number of nitrogens with one attached hydrogen (secondary N) is 1. The Morgan fingerprint density at radius 3 is 3.00 bits per heavy atom. The SMILES string of the molecule is C=C(Br)CNCCc1noc(C)n1. The first-order valence-corrected chi connectivity index (χ1v) is 4.81. The molecule has 1 aromatic rings. The van der Waals surface area contributed by atoms with Gasteiger partial charge in [-0.05, 0) is 0 Å². The smallest absolute Gasteiger partial charge is 0.223 e. The Bertz CT molecular complexity index is 285. The average Bonchev–Trinajstić information content (AvgIpc) is 2.45. The maximum absolute atomic E-state index is 4.83. The zero-order valence-corrected chi connectivity index (χ0v) is 9.10. The zero-order valence-electron chi connectivity index (χ0n) is 7.51. The van der Waals surface area contributed by atoms with Crippen LogP contribution < -0.4 is 5.32 Å². The minimum Gasteiger partial charge on any atom is -0.340 e. The highest BCUT2D eigenvalue weighted by Gasteiger charge is 2.00. The van der Waals surface area contributed by atoms with Crippen molar-refractivity contribution in [1.82, 2.24) is 15.5 Å². The van der Waals surface area contributed by atoms with Crippen LogP contribution >= 0.6 is 15.9 Å². The molecule has 0 bridgehead atoms. The Hall–Kier alpha value is -0.680. The molecule has 0 unspecified atom stereocenters. The van der Waals surface area contributed by atoms with E-state index in [1.165, 1.54) is 0 Å². The van der Waals surface area contributed by atoms with Crippen LogP contribution in [-0.4, -0.2) is 23.2 Å². The minimum absolute atomic E-state index is 0.611. The van der Waals surface area contributed by atoms with Gasteiger partial charge in [0.2, 0.25) is 5.89 Å². The zero-order chi connectivity index (χ0) is 9.68. The van der Waals surface area contributed by atoms with Gasteiger partial charge in [0.05, 0.1) is 0 Å². The number of hydrogen-bond donors (Lipinski definition) is 1. The summed E-state index contributed by atoms with van der Waals surface area (Å²) < 4.78 is 5.77. The van der Waals surface area contributed by atoms with Crippen molar-refractivity contribution in [2.45, 2.75) is 13.3 Å². The molecular formula is C8H12BrN3O. The first kappa shape index (κ1) is 10.4. The highest BCUT2D eigenvalue weighted by Crippen LogP contribution is 1.97. The van der Waals surface area contributed by atoms with Crippen LogP contribution in [-0.2, 0) is 6.42 Å². The lowest BCUT2D eigenvalue weighted by atomic mass is 10.4. The maximum Gasteiger partial charge on any atom is 0.223 e. The van der Waals surface area contributed by atoms with Crippen molar-refractivity contribution in [1.29, 1.82) is 0 Å². The van der Waals surface area contributed by atoms with Gasteiger partial charge in [-0.2, -0.15) is 4.98 Å². The van der Waals surface area contributed by atoms with E-state index < -0.39 is 0 Å². The number of rotatable bonds is 5. The predicted octanol–water partition coefficient (Wildman–Crippen LogP) is 1.42. The van der Waals surface area contributed by atoms with Crippen molar-refractivity contribution in [3.8, 4) is 0 Å². The summed E-state index contributed by atoms with van der Waals surface area (Å²) in [5.41, 5.74) is 0. The van der Waals surface area contributed by atoms with Gasteiger partial charge >= 0.3 is 0 Å². The molecular weight excluding hydrogens is 234 g/mol. The topological polar surface area (TPSA) is 51.0 Å². The highest BCUT2D eigenvalue weighted by atomic mass is 79.9. The van der Waals surface area contributed by atoms with E-state index >= 15 is 0 Å². The van der Waals surface area contributed by atoms with Crippen molar-refractivity contribution in [3.05, 3.63) is 22.8 Å². The lowest BCUT2D eigenvalue weighted by Gasteiger charge is -1.99. The molecule has 1 N–H and O–H groups in total. The van der Waals surface area contributed by atoms with E-state index in [2.05, 4.69) is 38.0 Å². The van der Waals surface area contributed by atoms with Crippen molar-refractivity contribution >= 4 is 15.9 Å². The van der Waals surface area contributed by atoms with Crippen LogP contribution in [0.25, 0.3) is 0 Å². The molecule has 0 radical (unpaired) electrons. The Labute approximate surface area is 85.5 Å². The molecule has 1 rings (SSSR count). The Kier molecular flexibility index (Phi) is 4.11. The van der Waals surface area contributed by atoms with Gasteiger partial charge in [-0.1, -0.05) is 27.7 Å². The van der Waals surface area contributed by atoms with E-state index in [-0.39, 0.29) is 0 Å². The second-order valence-electron chi connectivity index (χ2n) is 2.67. The van der Waals surface area contributed by atoms with Crippen molar-refractivity contribution in [2.75, 3.05) is 13.1 Å². The lowest BCUT2D eigenvalue weighted by molar-refractivity contribution is 0.387. The molecule has 1 aromatic heterocycles. The molecule has 0 aliphatic rings. The Balaban J connectivity index is 2.16. The fraction of sp³-hybridized carbons (Fsp3) is 0.500. The molecule has 0 spiro atoms. The van der Waals surface area contributed by atoms with Crippen LogP contribution in [0.3, 0.4) is 0 Å². The van der Waals surface area contributed by atoms with Crippen LogP contribution in [0, 0.1) is 6.92 Å². The van der Waals surface area contributed by atoms with Crippen LogP contribution in [0.1, 0.15) is 11.7 Å². The molecule has 0 saturated heterocycles. The Morgan fingerprint density at radius 2 is 2.46 bits per heavy atom. The van der Waals surface area contributed by atoms with E-state index in [1.54, 1.807) is 6.92 Å². The van der Waals surface area contributed by atoms with E-state index in [1.807, 2.05) is 0 Å². The first-order valence-electron chi connectivity index (χ1n) is 4.01. The lowest BCUT2D eigenvalue weighted by Crippen LogP contribution is -2.18. The highest BCUT2D eigenvalue weighted by molar-refractivity contribution is 9.11. The standard InChI is InChI=1S/C8H12BrN3O/c1-6(9)5-10-4-3-8-11-7(2)13-12-8/h10H,1,3-5H2,2H3. The molecule has 0 aliphatic heterocycles. The van der Waals surface area contributed by atoms with E-state index in [0.29, 0.717) is 5.89 Å². The quantitative estimate of drug-likeness (QED) is 0.798.